The quantitative estimate of drug-likeness (QED) is 0.455. The van der Waals surface area contributed by atoms with Crippen LogP contribution in [0.25, 0.3) is 0 Å². The van der Waals surface area contributed by atoms with Crippen LogP contribution in [0, 0.1) is 0 Å². The van der Waals surface area contributed by atoms with Crippen molar-refractivity contribution in [2.45, 2.75) is 31.1 Å². The fraction of sp³-hybridized carbons (Fsp3) is 0.333. The molecule has 2 heterocycles. The average Bonchev–Trinajstić information content (AvgIpc) is 3.17. The number of nitrogens with zero attached hydrogens (tertiary/aromatic N) is 4. The second kappa shape index (κ2) is 9.12. The van der Waals surface area contributed by atoms with Crippen LogP contribution in [0.2, 0.25) is 0 Å². The number of methoxy groups -OCH3 is 1. The standard InChI is InChI=1S/C18H21N5O2S2/c1-12(25-2)15-21-22-17(27-15)20-14-11-19-18(26-3)23(16(14)24)10-9-13-7-5-4-6-8-13/h4-8,11-12H,9-10H2,1-3H3,(H,20,22). The number of nitrogens with one attached hydrogen (secondary N) is 1. The number of hydrogen-bond donors (Lipinski definition) is 1. The minimum absolute atomic E-state index is 0.123. The number of aromatic nitrogens is 4. The Kier molecular flexibility index (Phi) is 6.59. The van der Waals surface area contributed by atoms with Gasteiger partial charge >= 0.3 is 0 Å². The van der Waals surface area contributed by atoms with Gasteiger partial charge in [0.25, 0.3) is 5.56 Å². The molecule has 3 rings (SSSR count). The fourth-order valence-electron chi connectivity index (χ4n) is 2.47. The highest BCUT2D eigenvalue weighted by atomic mass is 32.2. The molecule has 0 fully saturated rings. The van der Waals surface area contributed by atoms with Crippen molar-refractivity contribution in [3.05, 3.63) is 57.5 Å². The van der Waals surface area contributed by atoms with Gasteiger partial charge in [-0.1, -0.05) is 53.4 Å². The zero-order valence-electron chi connectivity index (χ0n) is 15.4. The van der Waals surface area contributed by atoms with Crippen LogP contribution < -0.4 is 10.9 Å². The van der Waals surface area contributed by atoms with Gasteiger partial charge in [-0.2, -0.15) is 0 Å². The summed E-state index contributed by atoms with van der Waals surface area (Å²) >= 11 is 2.81. The summed E-state index contributed by atoms with van der Waals surface area (Å²) in [4.78, 5) is 17.4. The minimum atomic E-state index is -0.141. The van der Waals surface area contributed by atoms with Gasteiger partial charge in [0, 0.05) is 13.7 Å². The Bertz CT molecular complexity index is 942. The van der Waals surface area contributed by atoms with Gasteiger partial charge in [-0.15, -0.1) is 10.2 Å². The number of anilines is 2. The van der Waals surface area contributed by atoms with E-state index in [-0.39, 0.29) is 11.7 Å². The van der Waals surface area contributed by atoms with E-state index in [2.05, 4.69) is 32.6 Å². The molecule has 9 heteroatoms. The number of ether oxygens (including phenoxy) is 1. The highest BCUT2D eigenvalue weighted by Crippen LogP contribution is 2.25. The van der Waals surface area contributed by atoms with Gasteiger partial charge in [0.15, 0.2) is 5.16 Å². The zero-order valence-corrected chi connectivity index (χ0v) is 17.0. The molecule has 0 aliphatic carbocycles. The summed E-state index contributed by atoms with van der Waals surface area (Å²) in [5.41, 5.74) is 1.44. The second-order valence-electron chi connectivity index (χ2n) is 5.80. The smallest absolute Gasteiger partial charge is 0.277 e. The lowest BCUT2D eigenvalue weighted by molar-refractivity contribution is 0.118. The van der Waals surface area contributed by atoms with Gasteiger partial charge in [-0.3, -0.25) is 9.36 Å². The lowest BCUT2D eigenvalue weighted by atomic mass is 10.1. The highest BCUT2D eigenvalue weighted by Gasteiger charge is 2.14. The van der Waals surface area contributed by atoms with E-state index in [0.29, 0.717) is 22.5 Å². The Labute approximate surface area is 165 Å². The molecule has 2 aromatic heterocycles. The molecule has 1 unspecified atom stereocenters. The van der Waals surface area contributed by atoms with E-state index in [9.17, 15) is 4.79 Å². The van der Waals surface area contributed by atoms with Crippen LogP contribution in [0.5, 0.6) is 0 Å². The Morgan fingerprint density at radius 2 is 2.07 bits per heavy atom. The first-order chi connectivity index (χ1) is 13.1. The van der Waals surface area contributed by atoms with Crippen LogP contribution in [0.4, 0.5) is 10.8 Å². The molecule has 0 bridgehead atoms. The van der Waals surface area contributed by atoms with E-state index < -0.39 is 0 Å². The molecule has 0 amide bonds. The maximum absolute atomic E-state index is 12.9. The third-order valence-electron chi connectivity index (χ3n) is 4.04. The molecule has 3 aromatic rings. The van der Waals surface area contributed by atoms with E-state index in [1.807, 2.05) is 31.4 Å². The second-order valence-corrected chi connectivity index (χ2v) is 7.58. The van der Waals surface area contributed by atoms with Gasteiger partial charge < -0.3 is 10.1 Å². The molecule has 0 radical (unpaired) electrons. The van der Waals surface area contributed by atoms with E-state index >= 15 is 0 Å². The van der Waals surface area contributed by atoms with Gasteiger partial charge in [0.1, 0.15) is 16.8 Å². The van der Waals surface area contributed by atoms with Gasteiger partial charge in [0.2, 0.25) is 5.13 Å². The summed E-state index contributed by atoms with van der Waals surface area (Å²) in [6.45, 7) is 2.46. The third-order valence-corrected chi connectivity index (χ3v) is 5.73. The SMILES string of the molecule is COC(C)c1nnc(Nc2cnc(SC)n(CCc3ccccc3)c2=O)s1. The molecule has 0 aliphatic heterocycles. The van der Waals surface area contributed by atoms with E-state index in [1.165, 1.54) is 28.7 Å². The van der Waals surface area contributed by atoms with Crippen molar-refractivity contribution in [3.63, 3.8) is 0 Å². The van der Waals surface area contributed by atoms with Crippen LogP contribution >= 0.6 is 23.1 Å². The molecule has 0 saturated carbocycles. The molecule has 0 aliphatic rings. The Hall–Kier alpha value is -2.23. The lowest BCUT2D eigenvalue weighted by Crippen LogP contribution is -2.26. The summed E-state index contributed by atoms with van der Waals surface area (Å²) in [6, 6.07) is 10.1. The summed E-state index contributed by atoms with van der Waals surface area (Å²) in [7, 11) is 1.62. The van der Waals surface area contributed by atoms with Crippen molar-refractivity contribution in [3.8, 4) is 0 Å². The van der Waals surface area contributed by atoms with Crippen molar-refractivity contribution in [1.29, 1.82) is 0 Å². The topological polar surface area (TPSA) is 81.9 Å². The van der Waals surface area contributed by atoms with E-state index in [4.69, 9.17) is 4.74 Å². The molecule has 0 saturated heterocycles. The van der Waals surface area contributed by atoms with Crippen LogP contribution in [0.1, 0.15) is 23.6 Å². The first kappa shape index (κ1) is 19.5. The summed E-state index contributed by atoms with van der Waals surface area (Å²) in [5, 5.41) is 13.2. The first-order valence-electron chi connectivity index (χ1n) is 8.43. The maximum atomic E-state index is 12.9. The molecule has 27 heavy (non-hydrogen) atoms. The fourth-order valence-corrected chi connectivity index (χ4v) is 3.81. The zero-order chi connectivity index (χ0) is 19.2. The Balaban J connectivity index is 1.82. The normalized spacial score (nSPS) is 12.1. The van der Waals surface area contributed by atoms with Gasteiger partial charge in [0.05, 0.1) is 6.20 Å². The number of rotatable bonds is 8. The summed E-state index contributed by atoms with van der Waals surface area (Å²) < 4.78 is 6.94. The van der Waals surface area contributed by atoms with Crippen LogP contribution in [-0.4, -0.2) is 33.1 Å². The van der Waals surface area contributed by atoms with Crippen LogP contribution in [-0.2, 0) is 17.7 Å². The first-order valence-corrected chi connectivity index (χ1v) is 10.5. The summed E-state index contributed by atoms with van der Waals surface area (Å²) in [5.74, 6) is 0. The van der Waals surface area contributed by atoms with Crippen molar-refractivity contribution in [2.75, 3.05) is 18.7 Å². The monoisotopic (exact) mass is 403 g/mol. The maximum Gasteiger partial charge on any atom is 0.277 e. The van der Waals surface area contributed by atoms with Crippen molar-refractivity contribution in [2.24, 2.45) is 0 Å². The largest absolute Gasteiger partial charge is 0.374 e. The predicted molar refractivity (Wildman–Crippen MR) is 109 cm³/mol. The van der Waals surface area contributed by atoms with Crippen molar-refractivity contribution < 1.29 is 4.74 Å². The van der Waals surface area contributed by atoms with Gasteiger partial charge in [-0.25, -0.2) is 4.98 Å². The molecular weight excluding hydrogens is 382 g/mol. The molecule has 0 spiro atoms. The van der Waals surface area contributed by atoms with E-state index in [1.54, 1.807) is 17.9 Å². The molecule has 1 aromatic carbocycles. The van der Waals surface area contributed by atoms with Crippen molar-refractivity contribution >= 4 is 33.9 Å². The molecular formula is C18H21N5O2S2. The Morgan fingerprint density at radius 3 is 2.78 bits per heavy atom. The molecule has 1 N–H and O–H groups in total. The van der Waals surface area contributed by atoms with Crippen LogP contribution in [0.3, 0.4) is 0 Å². The minimum Gasteiger partial charge on any atom is -0.374 e. The molecule has 142 valence electrons. The highest BCUT2D eigenvalue weighted by molar-refractivity contribution is 7.98. The average molecular weight is 404 g/mol. The van der Waals surface area contributed by atoms with Crippen LogP contribution in [0.15, 0.2) is 46.5 Å². The molecule has 7 nitrogen and oxygen atoms in total. The van der Waals surface area contributed by atoms with Gasteiger partial charge in [-0.05, 0) is 25.2 Å². The predicted octanol–water partition coefficient (Wildman–Crippen LogP) is 3.51. The number of hydrogen-bond acceptors (Lipinski definition) is 8. The van der Waals surface area contributed by atoms with Crippen molar-refractivity contribution in [1.82, 2.24) is 19.7 Å². The summed E-state index contributed by atoms with van der Waals surface area (Å²) in [6.07, 6.45) is 4.08. The number of thioether (sulfide) groups is 1. The Morgan fingerprint density at radius 1 is 1.30 bits per heavy atom. The third kappa shape index (κ3) is 4.74. The number of aryl methyl sites for hydroxylation is 1. The molecule has 1 atom stereocenters. The van der Waals surface area contributed by atoms with E-state index in [0.717, 1.165) is 11.4 Å². The lowest BCUT2D eigenvalue weighted by Gasteiger charge is -2.12. The number of benzene rings is 1.